The minimum Gasteiger partial charge on any atom is -0.296 e. The van der Waals surface area contributed by atoms with Crippen molar-refractivity contribution in [2.24, 2.45) is 0 Å². The number of nitrogens with zero attached hydrogens (tertiary/aromatic N) is 3. The third kappa shape index (κ3) is 2.52. The van der Waals surface area contributed by atoms with Crippen LogP contribution in [0.25, 0.3) is 10.2 Å². The zero-order valence-electron chi connectivity index (χ0n) is 11.6. The molecule has 1 amide bonds. The Morgan fingerprint density at radius 2 is 2.29 bits per heavy atom. The van der Waals surface area contributed by atoms with Crippen molar-refractivity contribution in [2.45, 2.75) is 20.4 Å². The summed E-state index contributed by atoms with van der Waals surface area (Å²) in [6.45, 7) is 4.55. The summed E-state index contributed by atoms with van der Waals surface area (Å²) >= 11 is 1.23. The SMILES string of the molecule is CCn1nc(C(=O)Nc2nc3c(F)cccc3s2)cc1C. The first-order valence-electron chi connectivity index (χ1n) is 6.49. The van der Waals surface area contributed by atoms with E-state index in [9.17, 15) is 9.18 Å². The number of amides is 1. The van der Waals surface area contributed by atoms with E-state index >= 15 is 0 Å². The summed E-state index contributed by atoms with van der Waals surface area (Å²) in [6, 6.07) is 6.45. The number of halogens is 1. The van der Waals surface area contributed by atoms with Crippen LogP contribution in [0, 0.1) is 12.7 Å². The zero-order valence-corrected chi connectivity index (χ0v) is 12.4. The number of fused-ring (bicyclic) bond motifs is 1. The van der Waals surface area contributed by atoms with Crippen molar-refractivity contribution >= 4 is 32.6 Å². The third-order valence-electron chi connectivity index (χ3n) is 3.10. The number of para-hydroxylation sites is 1. The van der Waals surface area contributed by atoms with Crippen molar-refractivity contribution in [1.82, 2.24) is 14.8 Å². The third-order valence-corrected chi connectivity index (χ3v) is 4.04. The number of hydrogen-bond acceptors (Lipinski definition) is 4. The molecule has 3 rings (SSSR count). The molecule has 0 fully saturated rings. The van der Waals surface area contributed by atoms with Crippen LogP contribution in [0.4, 0.5) is 9.52 Å². The van der Waals surface area contributed by atoms with Crippen molar-refractivity contribution < 1.29 is 9.18 Å². The van der Waals surface area contributed by atoms with Crippen LogP contribution in [-0.4, -0.2) is 20.7 Å². The first kappa shape index (κ1) is 13.7. The summed E-state index contributed by atoms with van der Waals surface area (Å²) in [5, 5.41) is 7.23. The molecule has 7 heteroatoms. The quantitative estimate of drug-likeness (QED) is 0.808. The van der Waals surface area contributed by atoms with Gasteiger partial charge in [0.05, 0.1) is 4.70 Å². The van der Waals surface area contributed by atoms with Gasteiger partial charge in [0.1, 0.15) is 11.3 Å². The van der Waals surface area contributed by atoms with Gasteiger partial charge in [0.25, 0.3) is 5.91 Å². The molecule has 2 heterocycles. The van der Waals surface area contributed by atoms with E-state index in [-0.39, 0.29) is 11.4 Å². The van der Waals surface area contributed by atoms with Crippen LogP contribution in [0.15, 0.2) is 24.3 Å². The fourth-order valence-electron chi connectivity index (χ4n) is 2.07. The Morgan fingerprint density at radius 3 is 2.95 bits per heavy atom. The Bertz CT molecular complexity index is 824. The number of carbonyl (C=O) groups is 1. The van der Waals surface area contributed by atoms with Crippen molar-refractivity contribution in [3.63, 3.8) is 0 Å². The van der Waals surface area contributed by atoms with E-state index in [0.717, 1.165) is 5.69 Å². The fraction of sp³-hybridized carbons (Fsp3) is 0.214. The standard InChI is InChI=1S/C14H13FN4OS/c1-3-19-8(2)7-10(18-19)13(20)17-14-16-12-9(15)5-4-6-11(12)21-14/h4-7H,3H2,1-2H3,(H,16,17,20). The van der Waals surface area contributed by atoms with Crippen LogP contribution in [0.1, 0.15) is 23.1 Å². The van der Waals surface area contributed by atoms with Gasteiger partial charge in [-0.05, 0) is 32.0 Å². The second-order valence-corrected chi connectivity index (χ2v) is 5.58. The Kier molecular flexibility index (Phi) is 3.42. The molecular formula is C14H13FN4OS. The van der Waals surface area contributed by atoms with Gasteiger partial charge in [-0.2, -0.15) is 5.10 Å². The van der Waals surface area contributed by atoms with Crippen molar-refractivity contribution in [3.8, 4) is 0 Å². The summed E-state index contributed by atoms with van der Waals surface area (Å²) in [4.78, 5) is 16.2. The van der Waals surface area contributed by atoms with Crippen LogP contribution >= 0.6 is 11.3 Å². The molecule has 3 aromatic rings. The van der Waals surface area contributed by atoms with E-state index in [1.807, 2.05) is 13.8 Å². The van der Waals surface area contributed by atoms with Crippen LogP contribution < -0.4 is 5.32 Å². The highest BCUT2D eigenvalue weighted by atomic mass is 32.1. The molecule has 0 bridgehead atoms. The Hall–Kier alpha value is -2.28. The zero-order chi connectivity index (χ0) is 15.0. The Morgan fingerprint density at radius 1 is 1.48 bits per heavy atom. The number of hydrogen-bond donors (Lipinski definition) is 1. The molecule has 0 aliphatic carbocycles. The summed E-state index contributed by atoms with van der Waals surface area (Å²) < 4.78 is 16.0. The minimum absolute atomic E-state index is 0.271. The molecule has 1 aromatic carbocycles. The maximum atomic E-state index is 13.6. The molecule has 0 saturated heterocycles. The van der Waals surface area contributed by atoms with Crippen molar-refractivity contribution in [2.75, 3.05) is 5.32 Å². The second-order valence-electron chi connectivity index (χ2n) is 4.55. The largest absolute Gasteiger partial charge is 0.296 e. The highest BCUT2D eigenvalue weighted by Gasteiger charge is 2.15. The van der Waals surface area contributed by atoms with Crippen LogP contribution in [0.3, 0.4) is 0 Å². The van der Waals surface area contributed by atoms with E-state index in [4.69, 9.17) is 0 Å². The first-order valence-corrected chi connectivity index (χ1v) is 7.31. The molecule has 5 nitrogen and oxygen atoms in total. The highest BCUT2D eigenvalue weighted by molar-refractivity contribution is 7.22. The predicted octanol–water partition coefficient (Wildman–Crippen LogP) is 3.21. The van der Waals surface area contributed by atoms with E-state index < -0.39 is 5.82 Å². The molecule has 0 saturated carbocycles. The van der Waals surface area contributed by atoms with Gasteiger partial charge in [-0.3, -0.25) is 14.8 Å². The van der Waals surface area contributed by atoms with Gasteiger partial charge in [-0.15, -0.1) is 0 Å². The number of aromatic nitrogens is 3. The van der Waals surface area contributed by atoms with Gasteiger partial charge in [-0.1, -0.05) is 17.4 Å². The number of anilines is 1. The van der Waals surface area contributed by atoms with E-state index in [2.05, 4.69) is 15.4 Å². The number of benzene rings is 1. The van der Waals surface area contributed by atoms with Crippen molar-refractivity contribution in [1.29, 1.82) is 0 Å². The van der Waals surface area contributed by atoms with Gasteiger partial charge in [-0.25, -0.2) is 9.37 Å². The number of rotatable bonds is 3. The molecule has 108 valence electrons. The minimum atomic E-state index is -0.393. The number of carbonyl (C=O) groups excluding carboxylic acids is 1. The average molecular weight is 304 g/mol. The summed E-state index contributed by atoms with van der Waals surface area (Å²) in [5.74, 6) is -0.736. The molecule has 2 aromatic heterocycles. The molecular weight excluding hydrogens is 291 g/mol. The summed E-state index contributed by atoms with van der Waals surface area (Å²) in [6.07, 6.45) is 0. The molecule has 0 aliphatic heterocycles. The van der Waals surface area contributed by atoms with E-state index in [1.54, 1.807) is 22.9 Å². The molecule has 0 aliphatic rings. The van der Waals surface area contributed by atoms with Gasteiger partial charge in [0.2, 0.25) is 0 Å². The highest BCUT2D eigenvalue weighted by Crippen LogP contribution is 2.27. The lowest BCUT2D eigenvalue weighted by molar-refractivity contribution is 0.102. The number of nitrogens with one attached hydrogen (secondary N) is 1. The van der Waals surface area contributed by atoms with Gasteiger partial charge < -0.3 is 0 Å². The lowest BCUT2D eigenvalue weighted by Gasteiger charge is -1.98. The van der Waals surface area contributed by atoms with Crippen LogP contribution in [-0.2, 0) is 6.54 Å². The van der Waals surface area contributed by atoms with Crippen molar-refractivity contribution in [3.05, 3.63) is 41.5 Å². The number of aryl methyl sites for hydroxylation is 2. The average Bonchev–Trinajstić information content (AvgIpc) is 3.02. The Balaban J connectivity index is 1.87. The second kappa shape index (κ2) is 5.25. The summed E-state index contributed by atoms with van der Waals surface area (Å²) in [7, 11) is 0. The Labute approximate surface area is 124 Å². The van der Waals surface area contributed by atoms with E-state index in [0.29, 0.717) is 22.1 Å². The maximum absolute atomic E-state index is 13.6. The number of thiazole rings is 1. The maximum Gasteiger partial charge on any atom is 0.277 e. The molecule has 0 radical (unpaired) electrons. The lowest BCUT2D eigenvalue weighted by atomic mass is 10.3. The van der Waals surface area contributed by atoms with E-state index in [1.165, 1.54) is 17.4 Å². The smallest absolute Gasteiger partial charge is 0.277 e. The normalized spacial score (nSPS) is 11.0. The molecule has 0 unspecified atom stereocenters. The topological polar surface area (TPSA) is 59.8 Å². The fourth-order valence-corrected chi connectivity index (χ4v) is 2.95. The van der Waals surface area contributed by atoms with Gasteiger partial charge in [0.15, 0.2) is 10.8 Å². The lowest BCUT2D eigenvalue weighted by Crippen LogP contribution is -2.13. The molecule has 0 spiro atoms. The molecule has 21 heavy (non-hydrogen) atoms. The first-order chi connectivity index (χ1) is 10.1. The van der Waals surface area contributed by atoms with Gasteiger partial charge >= 0.3 is 0 Å². The van der Waals surface area contributed by atoms with Crippen LogP contribution in [0.2, 0.25) is 0 Å². The summed E-state index contributed by atoms with van der Waals surface area (Å²) in [5.41, 5.74) is 1.51. The van der Waals surface area contributed by atoms with Crippen LogP contribution in [0.5, 0.6) is 0 Å². The predicted molar refractivity (Wildman–Crippen MR) is 80.2 cm³/mol. The molecule has 1 N–H and O–H groups in total. The van der Waals surface area contributed by atoms with Gasteiger partial charge in [0, 0.05) is 12.2 Å². The monoisotopic (exact) mass is 304 g/mol. The molecule has 0 atom stereocenters.